The molecule has 0 aromatic carbocycles. The number of carbonyl (C=O) groups excluding carboxylic acids is 1. The molecule has 1 saturated heterocycles. The van der Waals surface area contributed by atoms with E-state index >= 15 is 0 Å². The van der Waals surface area contributed by atoms with Gasteiger partial charge in [0.25, 0.3) is 5.91 Å². The van der Waals surface area contributed by atoms with Gasteiger partial charge in [-0.2, -0.15) is 5.26 Å². The number of furan rings is 1. The van der Waals surface area contributed by atoms with Gasteiger partial charge in [-0.25, -0.2) is 4.98 Å². The zero-order valence-electron chi connectivity index (χ0n) is 13.5. The van der Waals surface area contributed by atoms with E-state index in [0.29, 0.717) is 27.3 Å². The van der Waals surface area contributed by atoms with Gasteiger partial charge in [-0.3, -0.25) is 4.79 Å². The lowest BCUT2D eigenvalue weighted by Crippen LogP contribution is -2.37. The first-order chi connectivity index (χ1) is 11.5. The van der Waals surface area contributed by atoms with Gasteiger partial charge in [-0.05, 0) is 48.9 Å². The van der Waals surface area contributed by atoms with Gasteiger partial charge in [-0.1, -0.05) is 0 Å². The SMILES string of the molecule is CNC(=O)c1nc(NC2CCN(C)CC2)c(Br)c2cc(C#N)oc12. The van der Waals surface area contributed by atoms with Crippen molar-refractivity contribution in [3.05, 3.63) is 22.0 Å². The van der Waals surface area contributed by atoms with Crippen LogP contribution in [0.25, 0.3) is 11.0 Å². The average Bonchev–Trinajstić information content (AvgIpc) is 3.03. The van der Waals surface area contributed by atoms with Crippen molar-refractivity contribution in [2.75, 3.05) is 32.5 Å². The Morgan fingerprint density at radius 3 is 2.83 bits per heavy atom. The maximum absolute atomic E-state index is 12.2. The number of pyridine rings is 1. The molecule has 126 valence electrons. The van der Waals surface area contributed by atoms with Gasteiger partial charge in [0, 0.05) is 24.5 Å². The van der Waals surface area contributed by atoms with Crippen LogP contribution in [0.3, 0.4) is 0 Å². The third kappa shape index (κ3) is 3.09. The Morgan fingerprint density at radius 2 is 2.21 bits per heavy atom. The number of hydrogen-bond acceptors (Lipinski definition) is 6. The summed E-state index contributed by atoms with van der Waals surface area (Å²) in [5.74, 6) is 0.396. The Balaban J connectivity index is 2.02. The molecule has 0 saturated carbocycles. The predicted molar refractivity (Wildman–Crippen MR) is 94.0 cm³/mol. The fourth-order valence-electron chi connectivity index (χ4n) is 2.84. The summed E-state index contributed by atoms with van der Waals surface area (Å²) in [4.78, 5) is 18.9. The summed E-state index contributed by atoms with van der Waals surface area (Å²) in [6, 6.07) is 3.87. The van der Waals surface area contributed by atoms with Crippen molar-refractivity contribution >= 4 is 38.6 Å². The van der Waals surface area contributed by atoms with E-state index in [1.165, 1.54) is 7.05 Å². The van der Waals surface area contributed by atoms with Gasteiger partial charge in [-0.15, -0.1) is 0 Å². The fraction of sp³-hybridized carbons (Fsp3) is 0.438. The third-order valence-electron chi connectivity index (χ3n) is 4.23. The number of halogens is 1. The van der Waals surface area contributed by atoms with Gasteiger partial charge < -0.3 is 20.0 Å². The molecule has 2 N–H and O–H groups in total. The number of likely N-dealkylation sites (tertiary alicyclic amines) is 1. The largest absolute Gasteiger partial charge is 0.443 e. The Morgan fingerprint density at radius 1 is 1.50 bits per heavy atom. The van der Waals surface area contributed by atoms with E-state index < -0.39 is 0 Å². The molecule has 0 spiro atoms. The number of amides is 1. The van der Waals surface area contributed by atoms with Crippen LogP contribution in [0.4, 0.5) is 5.82 Å². The van der Waals surface area contributed by atoms with Crippen molar-refractivity contribution in [1.82, 2.24) is 15.2 Å². The number of nitrogens with zero attached hydrogens (tertiary/aromatic N) is 3. The molecule has 0 radical (unpaired) electrons. The van der Waals surface area contributed by atoms with E-state index in [4.69, 9.17) is 9.68 Å². The number of rotatable bonds is 3. The predicted octanol–water partition coefficient (Wildman–Crippen LogP) is 2.33. The standard InChI is InChI=1S/C16H18BrN5O2/c1-19-16(23)13-14-11(7-10(8-18)24-14)12(17)15(21-13)20-9-3-5-22(2)6-4-9/h7,9H,3-6H2,1-2H3,(H,19,23)(H,20,21). The van der Waals surface area contributed by atoms with Crippen molar-refractivity contribution in [2.45, 2.75) is 18.9 Å². The number of anilines is 1. The zero-order chi connectivity index (χ0) is 17.3. The monoisotopic (exact) mass is 391 g/mol. The second kappa shape index (κ2) is 6.79. The van der Waals surface area contributed by atoms with Crippen LogP contribution in [0.1, 0.15) is 29.1 Å². The van der Waals surface area contributed by atoms with Crippen molar-refractivity contribution in [1.29, 1.82) is 5.26 Å². The van der Waals surface area contributed by atoms with Crippen molar-refractivity contribution in [2.24, 2.45) is 0 Å². The summed E-state index contributed by atoms with van der Waals surface area (Å²) >= 11 is 3.53. The van der Waals surface area contributed by atoms with Crippen LogP contribution in [-0.2, 0) is 0 Å². The van der Waals surface area contributed by atoms with E-state index in [1.807, 2.05) is 6.07 Å². The van der Waals surface area contributed by atoms with E-state index in [2.05, 4.69) is 43.5 Å². The average molecular weight is 392 g/mol. The number of nitriles is 1. The number of piperidine rings is 1. The topological polar surface area (TPSA) is 94.2 Å². The molecule has 1 aliphatic heterocycles. The van der Waals surface area contributed by atoms with Gasteiger partial charge >= 0.3 is 0 Å². The highest BCUT2D eigenvalue weighted by Crippen LogP contribution is 2.34. The fourth-order valence-corrected chi connectivity index (χ4v) is 3.34. The summed E-state index contributed by atoms with van der Waals surface area (Å²) in [6.07, 6.45) is 2.01. The highest BCUT2D eigenvalue weighted by atomic mass is 79.9. The zero-order valence-corrected chi connectivity index (χ0v) is 15.1. The Hall–Kier alpha value is -2.11. The summed E-state index contributed by atoms with van der Waals surface area (Å²) < 4.78 is 6.17. The highest BCUT2D eigenvalue weighted by molar-refractivity contribution is 9.10. The normalized spacial score (nSPS) is 16.1. The highest BCUT2D eigenvalue weighted by Gasteiger charge is 2.23. The molecule has 7 nitrogen and oxygen atoms in total. The van der Waals surface area contributed by atoms with Gasteiger partial charge in [0.05, 0.1) is 4.47 Å². The Kier molecular flexibility index (Phi) is 4.73. The minimum absolute atomic E-state index is 0.147. The first kappa shape index (κ1) is 16.7. The van der Waals surface area contributed by atoms with E-state index in [-0.39, 0.29) is 17.4 Å². The molecule has 0 atom stereocenters. The Bertz CT molecular complexity index is 818. The van der Waals surface area contributed by atoms with E-state index in [0.717, 1.165) is 25.9 Å². The number of aromatic nitrogens is 1. The first-order valence-corrected chi connectivity index (χ1v) is 8.53. The van der Waals surface area contributed by atoms with Crippen molar-refractivity contribution in [3.8, 4) is 6.07 Å². The lowest BCUT2D eigenvalue weighted by Gasteiger charge is -2.30. The maximum atomic E-state index is 12.2. The Labute approximate surface area is 148 Å². The summed E-state index contributed by atoms with van der Waals surface area (Å²) in [5.41, 5.74) is 0.485. The molecule has 2 aromatic heterocycles. The maximum Gasteiger partial charge on any atom is 0.273 e. The van der Waals surface area contributed by atoms with Gasteiger partial charge in [0.15, 0.2) is 11.3 Å². The molecule has 0 aliphatic carbocycles. The van der Waals surface area contributed by atoms with E-state index in [1.54, 1.807) is 6.07 Å². The van der Waals surface area contributed by atoms with Crippen LogP contribution in [0.15, 0.2) is 15.0 Å². The third-order valence-corrected chi connectivity index (χ3v) is 5.03. The molecule has 1 amide bonds. The molecule has 1 aliphatic rings. The quantitative estimate of drug-likeness (QED) is 0.833. The molecular formula is C16H18BrN5O2. The molecule has 3 heterocycles. The molecular weight excluding hydrogens is 374 g/mol. The van der Waals surface area contributed by atoms with Gasteiger partial charge in [0.2, 0.25) is 5.76 Å². The lowest BCUT2D eigenvalue weighted by molar-refractivity contribution is 0.0959. The van der Waals surface area contributed by atoms with Crippen molar-refractivity contribution < 1.29 is 9.21 Å². The molecule has 2 aromatic rings. The molecule has 1 fully saturated rings. The smallest absolute Gasteiger partial charge is 0.273 e. The number of nitrogens with one attached hydrogen (secondary N) is 2. The van der Waals surface area contributed by atoms with Crippen molar-refractivity contribution in [3.63, 3.8) is 0 Å². The van der Waals surface area contributed by atoms with Crippen LogP contribution in [0.5, 0.6) is 0 Å². The lowest BCUT2D eigenvalue weighted by atomic mass is 10.1. The molecule has 24 heavy (non-hydrogen) atoms. The minimum Gasteiger partial charge on any atom is -0.443 e. The van der Waals surface area contributed by atoms with Gasteiger partial charge in [0.1, 0.15) is 11.9 Å². The molecule has 3 rings (SSSR count). The van der Waals surface area contributed by atoms with Crippen LogP contribution in [0, 0.1) is 11.3 Å². The van der Waals surface area contributed by atoms with Crippen LogP contribution >= 0.6 is 15.9 Å². The van der Waals surface area contributed by atoms with Crippen LogP contribution in [0.2, 0.25) is 0 Å². The minimum atomic E-state index is -0.349. The molecule has 0 unspecified atom stereocenters. The second-order valence-electron chi connectivity index (χ2n) is 5.89. The van der Waals surface area contributed by atoms with Crippen LogP contribution < -0.4 is 10.6 Å². The van der Waals surface area contributed by atoms with Crippen LogP contribution in [-0.4, -0.2) is 49.0 Å². The molecule has 8 heteroatoms. The summed E-state index contributed by atoms with van der Waals surface area (Å²) in [5, 5.41) is 15.7. The number of fused-ring (bicyclic) bond motifs is 1. The number of carbonyl (C=O) groups is 1. The number of hydrogen-bond donors (Lipinski definition) is 2. The first-order valence-electron chi connectivity index (χ1n) is 7.73. The van der Waals surface area contributed by atoms with E-state index in [9.17, 15) is 4.79 Å². The molecule has 0 bridgehead atoms. The summed E-state index contributed by atoms with van der Waals surface area (Å²) in [7, 11) is 3.64. The second-order valence-corrected chi connectivity index (χ2v) is 6.68. The summed E-state index contributed by atoms with van der Waals surface area (Å²) in [6.45, 7) is 2.04.